The van der Waals surface area contributed by atoms with Crippen molar-refractivity contribution in [1.82, 2.24) is 9.78 Å². The molecule has 0 spiro atoms. The lowest BCUT2D eigenvalue weighted by atomic mass is 10.0. The van der Waals surface area contributed by atoms with Gasteiger partial charge < -0.3 is 19.3 Å². The Morgan fingerprint density at radius 2 is 1.86 bits per heavy atom. The Labute approximate surface area is 119 Å². The van der Waals surface area contributed by atoms with E-state index in [9.17, 15) is 0 Å². The topological polar surface area (TPSA) is 79.4 Å². The second kappa shape index (κ2) is 4.05. The molecule has 0 atom stereocenters. The van der Waals surface area contributed by atoms with E-state index in [1.807, 2.05) is 12.1 Å². The molecule has 0 saturated carbocycles. The Morgan fingerprint density at radius 3 is 2.52 bits per heavy atom. The summed E-state index contributed by atoms with van der Waals surface area (Å²) in [6.45, 7) is 0. The van der Waals surface area contributed by atoms with Gasteiger partial charge >= 0.3 is 0 Å². The van der Waals surface area contributed by atoms with Gasteiger partial charge in [0.05, 0.1) is 31.2 Å². The van der Waals surface area contributed by atoms with E-state index in [0.717, 1.165) is 21.9 Å². The van der Waals surface area contributed by atoms with Crippen LogP contribution < -0.4 is 10.5 Å². The van der Waals surface area contributed by atoms with E-state index >= 15 is 0 Å². The number of ether oxygens (including phenoxy) is 1. The molecule has 0 aliphatic rings. The zero-order valence-electron chi connectivity index (χ0n) is 11.6. The highest BCUT2D eigenvalue weighted by molar-refractivity contribution is 6.14. The molecule has 0 fully saturated rings. The molecule has 0 aliphatic heterocycles. The van der Waals surface area contributed by atoms with Crippen molar-refractivity contribution in [3.63, 3.8) is 0 Å². The van der Waals surface area contributed by atoms with E-state index in [0.29, 0.717) is 22.7 Å². The maximum absolute atomic E-state index is 6.12. The smallest absolute Gasteiger partial charge is 0.177 e. The highest BCUT2D eigenvalue weighted by Gasteiger charge is 2.22. The van der Waals surface area contributed by atoms with E-state index in [-0.39, 0.29) is 0 Å². The molecule has 3 heterocycles. The fourth-order valence-electron chi connectivity index (χ4n) is 2.72. The number of fused-ring (bicyclic) bond motifs is 2. The lowest BCUT2D eigenvalue weighted by Gasteiger charge is -2.08. The number of aryl methyl sites for hydroxylation is 1. The van der Waals surface area contributed by atoms with Crippen LogP contribution in [0.15, 0.2) is 39.7 Å². The number of rotatable bonds is 2. The molecule has 2 N–H and O–H groups in total. The van der Waals surface area contributed by atoms with Crippen molar-refractivity contribution < 1.29 is 13.6 Å². The van der Waals surface area contributed by atoms with Crippen molar-refractivity contribution in [2.24, 2.45) is 7.05 Å². The molecule has 0 unspecified atom stereocenters. The van der Waals surface area contributed by atoms with Crippen molar-refractivity contribution in [1.29, 1.82) is 0 Å². The average Bonchev–Trinajstić information content (AvgIpc) is 3.19. The van der Waals surface area contributed by atoms with Crippen LogP contribution in [0.2, 0.25) is 0 Å². The molecule has 1 aromatic carbocycles. The van der Waals surface area contributed by atoms with Gasteiger partial charge in [0.15, 0.2) is 11.3 Å². The molecule has 4 aromatic rings. The summed E-state index contributed by atoms with van der Waals surface area (Å²) < 4.78 is 18.4. The van der Waals surface area contributed by atoms with Crippen LogP contribution in [0.1, 0.15) is 0 Å². The van der Waals surface area contributed by atoms with Crippen molar-refractivity contribution in [3.05, 3.63) is 30.9 Å². The number of nitrogen functional groups attached to an aromatic ring is 1. The number of aromatic nitrogens is 2. The Bertz CT molecular complexity index is 910. The maximum atomic E-state index is 6.12. The molecule has 0 bridgehead atoms. The standard InChI is InChI=1S/C15H13N3O3/c1-18-15(16)10(7-17-18)11-8-3-5-21-14(8)13(19-2)9-4-6-20-12(9)11/h3-7H,16H2,1-2H3. The van der Waals surface area contributed by atoms with Crippen molar-refractivity contribution in [2.45, 2.75) is 0 Å². The van der Waals surface area contributed by atoms with E-state index in [1.54, 1.807) is 37.6 Å². The molecule has 0 aliphatic carbocycles. The van der Waals surface area contributed by atoms with Crippen LogP contribution in [0.3, 0.4) is 0 Å². The van der Waals surface area contributed by atoms with Gasteiger partial charge in [-0.05, 0) is 12.1 Å². The first-order valence-electron chi connectivity index (χ1n) is 6.44. The minimum atomic E-state index is 0.570. The minimum absolute atomic E-state index is 0.570. The van der Waals surface area contributed by atoms with Crippen LogP contribution in [0, 0.1) is 0 Å². The summed E-state index contributed by atoms with van der Waals surface area (Å²) in [7, 11) is 3.41. The van der Waals surface area contributed by atoms with Gasteiger partial charge in [0, 0.05) is 23.6 Å². The van der Waals surface area contributed by atoms with Crippen LogP contribution in [-0.2, 0) is 7.05 Å². The summed E-state index contributed by atoms with van der Waals surface area (Å²) in [5.41, 5.74) is 9.18. The summed E-state index contributed by atoms with van der Waals surface area (Å²) in [5.74, 6) is 1.23. The number of benzene rings is 1. The van der Waals surface area contributed by atoms with Gasteiger partial charge in [-0.3, -0.25) is 4.68 Å². The summed E-state index contributed by atoms with van der Waals surface area (Å²) in [6.07, 6.45) is 4.98. The van der Waals surface area contributed by atoms with E-state index in [1.165, 1.54) is 0 Å². The van der Waals surface area contributed by atoms with E-state index in [4.69, 9.17) is 19.3 Å². The lowest BCUT2D eigenvalue weighted by Crippen LogP contribution is -1.98. The zero-order valence-corrected chi connectivity index (χ0v) is 11.6. The van der Waals surface area contributed by atoms with Crippen LogP contribution in [0.25, 0.3) is 33.1 Å². The number of furan rings is 2. The predicted molar refractivity (Wildman–Crippen MR) is 79.2 cm³/mol. The molecule has 4 rings (SSSR count). The van der Waals surface area contributed by atoms with Gasteiger partial charge in [-0.15, -0.1) is 0 Å². The molecule has 0 radical (unpaired) electrons. The molecule has 21 heavy (non-hydrogen) atoms. The Kier molecular flexibility index (Phi) is 2.29. The third kappa shape index (κ3) is 1.44. The molecule has 6 nitrogen and oxygen atoms in total. The average molecular weight is 283 g/mol. The van der Waals surface area contributed by atoms with Crippen LogP contribution in [-0.4, -0.2) is 16.9 Å². The predicted octanol–water partition coefficient (Wildman–Crippen LogP) is 3.17. The van der Waals surface area contributed by atoms with Crippen molar-refractivity contribution >= 4 is 27.8 Å². The normalized spacial score (nSPS) is 11.5. The lowest BCUT2D eigenvalue weighted by molar-refractivity contribution is 0.415. The molecular weight excluding hydrogens is 270 g/mol. The number of methoxy groups -OCH3 is 1. The summed E-state index contributed by atoms with van der Waals surface area (Å²) in [4.78, 5) is 0. The van der Waals surface area contributed by atoms with Gasteiger partial charge in [-0.2, -0.15) is 5.10 Å². The zero-order chi connectivity index (χ0) is 14.6. The Hall–Kier alpha value is -2.89. The van der Waals surface area contributed by atoms with E-state index in [2.05, 4.69) is 5.10 Å². The summed E-state index contributed by atoms with van der Waals surface area (Å²) in [5, 5.41) is 5.93. The quantitative estimate of drug-likeness (QED) is 0.611. The number of hydrogen-bond acceptors (Lipinski definition) is 5. The first kappa shape index (κ1) is 11.9. The van der Waals surface area contributed by atoms with Crippen LogP contribution in [0.5, 0.6) is 5.75 Å². The highest BCUT2D eigenvalue weighted by atomic mass is 16.5. The fourth-order valence-corrected chi connectivity index (χ4v) is 2.72. The third-order valence-electron chi connectivity index (χ3n) is 3.74. The number of hydrogen-bond donors (Lipinski definition) is 1. The van der Waals surface area contributed by atoms with Gasteiger partial charge in [-0.25, -0.2) is 0 Å². The van der Waals surface area contributed by atoms with E-state index < -0.39 is 0 Å². The third-order valence-corrected chi connectivity index (χ3v) is 3.74. The maximum Gasteiger partial charge on any atom is 0.177 e. The second-order valence-electron chi connectivity index (χ2n) is 4.80. The molecule has 106 valence electrons. The van der Waals surface area contributed by atoms with Crippen molar-refractivity contribution in [2.75, 3.05) is 12.8 Å². The molecular formula is C15H13N3O3. The van der Waals surface area contributed by atoms with Crippen LogP contribution >= 0.6 is 0 Å². The Balaban J connectivity index is 2.23. The number of anilines is 1. The summed E-state index contributed by atoms with van der Waals surface area (Å²) in [6, 6.07) is 3.73. The van der Waals surface area contributed by atoms with Crippen molar-refractivity contribution in [3.8, 4) is 16.9 Å². The van der Waals surface area contributed by atoms with Gasteiger partial charge in [0.1, 0.15) is 11.4 Å². The first-order valence-corrected chi connectivity index (χ1v) is 6.44. The summed E-state index contributed by atoms with van der Waals surface area (Å²) >= 11 is 0. The highest BCUT2D eigenvalue weighted by Crippen LogP contribution is 2.45. The largest absolute Gasteiger partial charge is 0.492 e. The Morgan fingerprint density at radius 1 is 1.14 bits per heavy atom. The monoisotopic (exact) mass is 283 g/mol. The van der Waals surface area contributed by atoms with Crippen LogP contribution in [0.4, 0.5) is 5.82 Å². The number of nitrogens with zero attached hydrogens (tertiary/aromatic N) is 2. The van der Waals surface area contributed by atoms with Gasteiger partial charge in [0.25, 0.3) is 0 Å². The first-order chi connectivity index (χ1) is 10.2. The molecule has 0 saturated heterocycles. The van der Waals surface area contributed by atoms with Gasteiger partial charge in [0.2, 0.25) is 0 Å². The fraction of sp³-hybridized carbons (Fsp3) is 0.133. The molecule has 3 aromatic heterocycles. The molecule has 6 heteroatoms. The minimum Gasteiger partial charge on any atom is -0.492 e. The number of nitrogens with two attached hydrogens (primary N) is 1. The van der Waals surface area contributed by atoms with Gasteiger partial charge in [-0.1, -0.05) is 0 Å². The SMILES string of the molecule is COc1c2ccoc2c(-c2cnn(C)c2N)c2ccoc12. The molecule has 0 amide bonds. The second-order valence-corrected chi connectivity index (χ2v) is 4.80.